The first-order valence-electron chi connectivity index (χ1n) is 47.2. The number of hydrogen-bond donors (Lipinski definition) is 4. The molecule has 4 saturated heterocycles. The van der Waals surface area contributed by atoms with Crippen LogP contribution in [-0.2, 0) is 97.3 Å². The Hall–Kier alpha value is -15.8. The Morgan fingerprint density at radius 1 is 0.441 bits per heavy atom. The number of nitrogens with two attached hydrogens (primary N) is 4. The summed E-state index contributed by atoms with van der Waals surface area (Å²) >= 11 is 1.21. The number of nitrogens with zero attached hydrogens (tertiary/aromatic N) is 20. The minimum absolute atomic E-state index is 0.0145. The zero-order valence-electron chi connectivity index (χ0n) is 82.3. The Bertz CT molecular complexity index is 6380. The molecule has 4 fully saturated rings. The first kappa shape index (κ1) is 105. The summed E-state index contributed by atoms with van der Waals surface area (Å²) in [5.74, 6) is -6.15. The molecule has 143 heavy (non-hydrogen) atoms. The summed E-state index contributed by atoms with van der Waals surface area (Å²) in [6.07, 6.45) is 13.4. The maximum absolute atomic E-state index is 13.8. The molecule has 0 bridgehead atoms. The molecule has 8 aromatic heterocycles. The molecule has 12 amide bonds. The number of rotatable bonds is 32. The number of carbonyl (C=O) groups excluding carboxylic acids is 12. The van der Waals surface area contributed by atoms with Crippen LogP contribution in [0.15, 0.2) is 205 Å². The van der Waals surface area contributed by atoms with Gasteiger partial charge in [0.05, 0.1) is 41.8 Å². The van der Waals surface area contributed by atoms with E-state index in [9.17, 15) is 61.9 Å². The molecule has 0 radical (unpaired) electrons. The van der Waals surface area contributed by atoms with Crippen LogP contribution in [0.2, 0.25) is 0 Å². The van der Waals surface area contributed by atoms with Gasteiger partial charge in [0.1, 0.15) is 64.6 Å². The summed E-state index contributed by atoms with van der Waals surface area (Å²) in [6.45, 7) is 15.7. The minimum atomic E-state index is -0.987. The van der Waals surface area contributed by atoms with Gasteiger partial charge in [0.2, 0.25) is 58.8 Å². The lowest BCUT2D eigenvalue weighted by Gasteiger charge is -2.46. The fourth-order valence-electron chi connectivity index (χ4n) is 19.0. The zero-order valence-corrected chi connectivity index (χ0v) is 83.1. The molecule has 12 atom stereocenters. The van der Waals surface area contributed by atoms with Crippen molar-refractivity contribution < 1.29 is 66.3 Å². The van der Waals surface area contributed by atoms with Crippen molar-refractivity contribution in [2.24, 2.45) is 37.8 Å². The summed E-state index contributed by atoms with van der Waals surface area (Å²) in [6, 6.07) is 43.4. The van der Waals surface area contributed by atoms with E-state index < -0.39 is 65.6 Å². The molecular weight excluding hydrogens is 1840 g/mol. The number of likely N-dealkylation sites (tertiary alicyclic amines) is 4. The Balaban J connectivity index is 0.000000160. The lowest BCUT2D eigenvalue weighted by Crippen LogP contribution is -2.69. The highest BCUT2D eigenvalue weighted by Crippen LogP contribution is 2.42. The fraction of sp³-hybridized carbons (Fsp3) is 0.365. The number of aromatic nitrogens is 12. The van der Waals surface area contributed by atoms with Crippen molar-refractivity contribution in [3.63, 3.8) is 0 Å². The molecule has 0 unspecified atom stereocenters. The number of pyridine rings is 4. The zero-order chi connectivity index (χ0) is 103. The minimum Gasteiger partial charge on any atom is -0.411 e. The number of amides is 12. The van der Waals surface area contributed by atoms with Crippen molar-refractivity contribution in [3.05, 3.63) is 273 Å². The highest BCUT2D eigenvalue weighted by atomic mass is 32.1. The molecule has 4 aliphatic heterocycles. The summed E-state index contributed by atoms with van der Waals surface area (Å²) < 4.78 is 21.7. The predicted molar refractivity (Wildman–Crippen MR) is 535 cm³/mol. The molecule has 0 aliphatic carbocycles. The van der Waals surface area contributed by atoms with Crippen molar-refractivity contribution in [2.75, 3.05) is 70.7 Å². The SMILES string of the molecule is CC[C@@H](CC(=O)N1C(=O)[C@H](Cc2cc(C)nc(N)c2)[C@H]1C(=O)N(C)c1ccnn1C)c1cc(C)ccc1C.CC[C@@H](CC(=O)N1C(=O)[C@H](Cc2cc(C)nc(N)c2)[C@H]1C(=O)N(C)c1cnn(C)c1)c1ccc(F)cc1.CC[C@@H](CC(=O)N1C(=O)[C@H](Cc2ccnc(N)c2)[C@H]1C(=O)N(C)c1nnco1)c1ccccc1.CC[C@@H](CC(=O)N1C(=O)[C@H](Cc2ccnc(N)c2)[C@H]1C(=O)N(C)c1nncs1)c1ccccc1. The first-order chi connectivity index (χ1) is 68.4. The van der Waals surface area contributed by atoms with Gasteiger partial charge in [0.25, 0.3) is 23.6 Å². The van der Waals surface area contributed by atoms with Gasteiger partial charge in [-0.3, -0.25) is 101 Å². The van der Waals surface area contributed by atoms with Gasteiger partial charge in [-0.25, -0.2) is 24.3 Å². The van der Waals surface area contributed by atoms with E-state index >= 15 is 0 Å². The molecule has 0 spiro atoms. The monoisotopic (exact) mass is 1960 g/mol. The van der Waals surface area contributed by atoms with Crippen LogP contribution >= 0.6 is 11.3 Å². The third kappa shape index (κ3) is 24.1. The number of carbonyl (C=O) groups is 12. The van der Waals surface area contributed by atoms with Gasteiger partial charge < -0.3 is 32.3 Å². The van der Waals surface area contributed by atoms with E-state index in [1.54, 1.807) is 137 Å². The van der Waals surface area contributed by atoms with Crippen molar-refractivity contribution in [2.45, 2.75) is 180 Å². The van der Waals surface area contributed by atoms with Crippen molar-refractivity contribution in [1.29, 1.82) is 0 Å². The topological polar surface area (TPSA) is 487 Å². The molecule has 12 heterocycles. The Morgan fingerprint density at radius 2 is 0.853 bits per heavy atom. The van der Waals surface area contributed by atoms with Crippen molar-refractivity contribution in [3.8, 4) is 0 Å². The maximum Gasteiger partial charge on any atom is 0.324 e. The largest absolute Gasteiger partial charge is 0.411 e. The number of β-lactam (4-membered cyclic amide) rings is 4. The first-order valence-corrected chi connectivity index (χ1v) is 48.1. The lowest BCUT2D eigenvalue weighted by atomic mass is 9.80. The highest BCUT2D eigenvalue weighted by Gasteiger charge is 2.60. The molecule has 37 nitrogen and oxygen atoms in total. The van der Waals surface area contributed by atoms with Crippen LogP contribution in [0.3, 0.4) is 0 Å². The van der Waals surface area contributed by atoms with Gasteiger partial charge in [-0.2, -0.15) is 10.2 Å². The average molecular weight is 1960 g/mol. The van der Waals surface area contributed by atoms with Gasteiger partial charge in [-0.05, 0) is 213 Å². The van der Waals surface area contributed by atoms with Gasteiger partial charge >= 0.3 is 6.01 Å². The molecule has 0 saturated carbocycles. The van der Waals surface area contributed by atoms with E-state index in [0.29, 0.717) is 58.4 Å². The van der Waals surface area contributed by atoms with Gasteiger partial charge in [0.15, 0.2) is 0 Å². The fourth-order valence-corrected chi connectivity index (χ4v) is 19.5. The van der Waals surface area contributed by atoms with Crippen LogP contribution in [0.1, 0.15) is 170 Å². The number of halogens is 1. The number of hydrogen-bond acceptors (Lipinski definition) is 28. The van der Waals surface area contributed by atoms with E-state index in [4.69, 9.17) is 27.4 Å². The number of imide groups is 4. The molecule has 16 rings (SSSR count). The second-order valence-corrected chi connectivity index (χ2v) is 37.2. The molecule has 4 aromatic carbocycles. The van der Waals surface area contributed by atoms with Gasteiger partial charge in [-0.15, -0.1) is 15.3 Å². The van der Waals surface area contributed by atoms with Crippen LogP contribution in [0.5, 0.6) is 0 Å². The van der Waals surface area contributed by atoms with Crippen molar-refractivity contribution in [1.82, 2.24) is 79.5 Å². The van der Waals surface area contributed by atoms with E-state index in [1.807, 2.05) is 127 Å². The summed E-state index contributed by atoms with van der Waals surface area (Å²) in [4.78, 5) is 187. The molecule has 4 aliphatic rings. The number of aryl methyl sites for hydroxylation is 6. The standard InChI is InChI=1S/C29H36N6O3.C27H31FN6O3.C24H26N6O4.C24H26N6O3S/c1-7-21(22-12-17(2)8-9-18(22)3)16-26(36)35-27(29(38)33(5)25-10-11-31-34(25)6)23(28(35)37)14-20-13-19(4)32-24(30)15-20;1-5-18(19-6-8-20(28)9-7-19)13-24(35)34-25(27(37)33(4)21-14-30-32(3)15-21)22(26(34)36)11-17-10-16(2)31-23(29)12-17;2*1-3-16(17-7-5-4-6-8-17)13-20(31)30-21(23(33)29(2)24-28-27-14-34-24)18(22(30)32)11-15-9-10-26-19(25)12-15/h8-13,15,21,23,27H,7,14,16H2,1-6H3,(H2,30,32);6-10,12,14-15,18,22,25H,5,11,13H2,1-4H3,(H2,29,31);2*4-10,12,14,16,18,21H,3,11,13H2,1-2H3,(H2,25,26)/t21-,23+,27-;18-,22+,25-;2*16-,18+,21-/m0000/s1. The number of nitrogen functional groups attached to an aromatic ring is 4. The second-order valence-electron chi connectivity index (χ2n) is 36.4. The van der Waals surface area contributed by atoms with Crippen molar-refractivity contribution >= 4 is 128 Å². The van der Waals surface area contributed by atoms with E-state index in [2.05, 4.69) is 62.7 Å². The van der Waals surface area contributed by atoms with Crippen LogP contribution in [0.25, 0.3) is 0 Å². The maximum atomic E-state index is 13.8. The molecule has 8 N–H and O–H groups in total. The number of likely N-dealkylation sites (N-methyl/N-ethyl adjacent to an activating group) is 4. The Morgan fingerprint density at radius 3 is 1.24 bits per heavy atom. The third-order valence-electron chi connectivity index (χ3n) is 26.7. The van der Waals surface area contributed by atoms with E-state index in [0.717, 1.165) is 102 Å². The van der Waals surface area contributed by atoms with Gasteiger partial charge in [-0.1, -0.05) is 141 Å². The van der Waals surface area contributed by atoms with Crippen LogP contribution < -0.4 is 42.5 Å². The second kappa shape index (κ2) is 46.5. The van der Waals surface area contributed by atoms with E-state index in [1.165, 1.54) is 60.5 Å². The summed E-state index contributed by atoms with van der Waals surface area (Å²) in [5.41, 5.74) is 36.2. The van der Waals surface area contributed by atoms with Crippen LogP contribution in [-0.4, -0.2) is 203 Å². The molecular formula is C104H119FN24O13S. The number of benzene rings is 4. The Labute approximate surface area is 831 Å². The van der Waals surface area contributed by atoms with E-state index in [-0.39, 0.29) is 134 Å². The Kier molecular flexibility index (Phi) is 34.0. The quantitative estimate of drug-likeness (QED) is 0.0284. The smallest absolute Gasteiger partial charge is 0.324 e. The molecule has 39 heteroatoms. The predicted octanol–water partition coefficient (Wildman–Crippen LogP) is 11.3. The third-order valence-corrected chi connectivity index (χ3v) is 27.5. The summed E-state index contributed by atoms with van der Waals surface area (Å²) in [7, 11) is 9.77. The highest BCUT2D eigenvalue weighted by molar-refractivity contribution is 7.13. The van der Waals surface area contributed by atoms with Crippen LogP contribution in [0, 0.1) is 57.2 Å². The van der Waals surface area contributed by atoms with Crippen LogP contribution in [0.4, 0.5) is 50.3 Å². The number of anilines is 8. The van der Waals surface area contributed by atoms with Gasteiger partial charge in [0, 0.05) is 104 Å². The summed E-state index contributed by atoms with van der Waals surface area (Å²) in [5, 5.41) is 23.8. The normalized spacial score (nSPS) is 18.0. The molecule has 746 valence electrons. The molecule has 12 aromatic rings. The average Bonchev–Trinajstić information content (AvgIpc) is 1.45. The lowest BCUT2D eigenvalue weighted by molar-refractivity contribution is -0.171.